The van der Waals surface area contributed by atoms with E-state index in [9.17, 15) is 4.79 Å². The molecular formula is C18H31IN6O2. The molecule has 0 saturated carbocycles. The van der Waals surface area contributed by atoms with Gasteiger partial charge in [0.15, 0.2) is 5.96 Å². The monoisotopic (exact) mass is 490 g/mol. The fourth-order valence-electron chi connectivity index (χ4n) is 3.58. The largest absolute Gasteiger partial charge is 0.364 e. The highest BCUT2D eigenvalue weighted by Crippen LogP contribution is 2.14. The van der Waals surface area contributed by atoms with Gasteiger partial charge in [0.25, 0.3) is 0 Å². The van der Waals surface area contributed by atoms with Gasteiger partial charge in [-0.2, -0.15) is 0 Å². The van der Waals surface area contributed by atoms with Crippen molar-refractivity contribution in [2.75, 3.05) is 45.8 Å². The summed E-state index contributed by atoms with van der Waals surface area (Å²) in [5.41, 5.74) is 0.823. The highest BCUT2D eigenvalue weighted by molar-refractivity contribution is 14.0. The third-order valence-electron chi connectivity index (χ3n) is 5.15. The van der Waals surface area contributed by atoms with Gasteiger partial charge in [-0.15, -0.1) is 24.0 Å². The Morgan fingerprint density at radius 2 is 1.93 bits per heavy atom. The molecule has 0 aliphatic carbocycles. The van der Waals surface area contributed by atoms with Gasteiger partial charge in [-0.3, -0.25) is 9.69 Å². The molecule has 3 heterocycles. The molecule has 1 unspecified atom stereocenters. The number of aliphatic imine (C=N–C) groups is 1. The van der Waals surface area contributed by atoms with Crippen LogP contribution in [0.5, 0.6) is 0 Å². The van der Waals surface area contributed by atoms with E-state index in [1.165, 1.54) is 0 Å². The topological polar surface area (TPSA) is 77.2 Å². The van der Waals surface area contributed by atoms with Crippen molar-refractivity contribution in [3.8, 4) is 0 Å². The van der Waals surface area contributed by atoms with Crippen LogP contribution in [0.3, 0.4) is 0 Å². The second-order valence-electron chi connectivity index (χ2n) is 6.89. The van der Waals surface area contributed by atoms with Crippen LogP contribution < -0.4 is 5.32 Å². The predicted molar refractivity (Wildman–Crippen MR) is 115 cm³/mol. The van der Waals surface area contributed by atoms with Gasteiger partial charge in [0.05, 0.1) is 12.6 Å². The molecule has 0 spiro atoms. The lowest BCUT2D eigenvalue weighted by Gasteiger charge is -2.39. The van der Waals surface area contributed by atoms with Crippen LogP contribution in [0.4, 0.5) is 0 Å². The number of carbonyl (C=O) groups is 1. The van der Waals surface area contributed by atoms with E-state index in [0.717, 1.165) is 70.3 Å². The number of piperazine rings is 1. The summed E-state index contributed by atoms with van der Waals surface area (Å²) in [7, 11) is 0. The molecule has 8 nitrogen and oxygen atoms in total. The number of nitrogens with one attached hydrogen (secondary N) is 1. The molecular weight excluding hydrogens is 459 g/mol. The minimum absolute atomic E-state index is 0. The lowest BCUT2D eigenvalue weighted by molar-refractivity contribution is -0.135. The van der Waals surface area contributed by atoms with E-state index in [-0.39, 0.29) is 35.9 Å². The van der Waals surface area contributed by atoms with E-state index < -0.39 is 0 Å². The number of rotatable bonds is 5. The number of carbonyl (C=O) groups excluding carboxylic acids is 1. The zero-order valence-corrected chi connectivity index (χ0v) is 18.6. The summed E-state index contributed by atoms with van der Waals surface area (Å²) in [5.74, 6) is 1.18. The molecule has 9 heteroatoms. The van der Waals surface area contributed by atoms with Gasteiger partial charge >= 0.3 is 0 Å². The highest BCUT2D eigenvalue weighted by atomic mass is 127. The number of aromatic nitrogens is 1. The van der Waals surface area contributed by atoms with Crippen LogP contribution in [0.1, 0.15) is 32.4 Å². The van der Waals surface area contributed by atoms with E-state index in [4.69, 9.17) is 4.52 Å². The number of halogens is 1. The molecule has 0 radical (unpaired) electrons. The van der Waals surface area contributed by atoms with Crippen molar-refractivity contribution in [3.63, 3.8) is 0 Å². The molecule has 3 rings (SSSR count). The summed E-state index contributed by atoms with van der Waals surface area (Å²) in [6.07, 6.45) is 3.84. The van der Waals surface area contributed by atoms with Crippen LogP contribution in [0.2, 0.25) is 0 Å². The lowest BCUT2D eigenvalue weighted by atomic mass is 10.2. The third kappa shape index (κ3) is 5.81. The van der Waals surface area contributed by atoms with E-state index in [1.54, 1.807) is 6.26 Å². The molecule has 2 aliphatic rings. The molecule has 0 bridgehead atoms. The minimum Gasteiger partial charge on any atom is -0.364 e. The van der Waals surface area contributed by atoms with Crippen LogP contribution >= 0.6 is 24.0 Å². The fourth-order valence-corrected chi connectivity index (χ4v) is 3.58. The second kappa shape index (κ2) is 10.8. The van der Waals surface area contributed by atoms with Gasteiger partial charge in [0.1, 0.15) is 12.0 Å². The number of guanidine groups is 1. The van der Waals surface area contributed by atoms with Crippen LogP contribution in [-0.2, 0) is 11.3 Å². The maximum Gasteiger partial charge on any atom is 0.239 e. The summed E-state index contributed by atoms with van der Waals surface area (Å²) in [4.78, 5) is 23.8. The number of hydrogen-bond donors (Lipinski definition) is 1. The van der Waals surface area contributed by atoms with Crippen molar-refractivity contribution in [2.45, 2.75) is 39.3 Å². The van der Waals surface area contributed by atoms with Gasteiger partial charge in [0, 0.05) is 51.9 Å². The van der Waals surface area contributed by atoms with Gasteiger partial charge in [0.2, 0.25) is 5.91 Å². The Hall–Kier alpha value is -1.36. The maximum atomic E-state index is 12.6. The molecule has 1 atom stereocenters. The summed E-state index contributed by atoms with van der Waals surface area (Å²) in [6.45, 7) is 10.7. The SMILES string of the molecule is CCNC(=NCc1ccon1)N1CCN(C(C)C(=O)N2CCCC2)CC1.I. The first-order valence-electron chi connectivity index (χ1n) is 9.64. The van der Waals surface area contributed by atoms with Gasteiger partial charge in [-0.25, -0.2) is 4.99 Å². The number of likely N-dealkylation sites (tertiary alicyclic amines) is 1. The number of hydrogen-bond acceptors (Lipinski definition) is 5. The normalized spacial score (nSPS) is 19.7. The van der Waals surface area contributed by atoms with Crippen LogP contribution in [0.25, 0.3) is 0 Å². The van der Waals surface area contributed by atoms with Gasteiger partial charge < -0.3 is 19.6 Å². The second-order valence-corrected chi connectivity index (χ2v) is 6.89. The third-order valence-corrected chi connectivity index (χ3v) is 5.15. The summed E-state index contributed by atoms with van der Waals surface area (Å²) < 4.78 is 4.86. The molecule has 27 heavy (non-hydrogen) atoms. The van der Waals surface area contributed by atoms with Crippen LogP contribution in [0, 0.1) is 0 Å². The van der Waals surface area contributed by atoms with Crippen molar-refractivity contribution in [3.05, 3.63) is 18.0 Å². The maximum absolute atomic E-state index is 12.6. The molecule has 1 aromatic rings. The smallest absolute Gasteiger partial charge is 0.239 e. The van der Waals surface area contributed by atoms with Crippen molar-refractivity contribution in [1.29, 1.82) is 0 Å². The number of nitrogens with zero attached hydrogens (tertiary/aromatic N) is 5. The Morgan fingerprint density at radius 3 is 2.52 bits per heavy atom. The molecule has 0 aromatic carbocycles. The molecule has 1 amide bonds. The Morgan fingerprint density at radius 1 is 1.22 bits per heavy atom. The van der Waals surface area contributed by atoms with E-state index >= 15 is 0 Å². The Bertz CT molecular complexity index is 595. The average molecular weight is 490 g/mol. The van der Waals surface area contributed by atoms with Gasteiger partial charge in [-0.1, -0.05) is 5.16 Å². The van der Waals surface area contributed by atoms with Crippen molar-refractivity contribution < 1.29 is 9.32 Å². The zero-order valence-electron chi connectivity index (χ0n) is 16.3. The zero-order chi connectivity index (χ0) is 18.4. The highest BCUT2D eigenvalue weighted by Gasteiger charge is 2.30. The molecule has 152 valence electrons. The summed E-state index contributed by atoms with van der Waals surface area (Å²) in [5, 5.41) is 7.26. The first kappa shape index (κ1) is 21.9. The molecule has 1 aromatic heterocycles. The van der Waals surface area contributed by atoms with E-state index in [0.29, 0.717) is 6.54 Å². The van der Waals surface area contributed by atoms with Crippen molar-refractivity contribution >= 4 is 35.8 Å². The van der Waals surface area contributed by atoms with Crippen LogP contribution in [0.15, 0.2) is 21.8 Å². The quantitative estimate of drug-likeness (QED) is 0.382. The average Bonchev–Trinajstić information content (AvgIpc) is 3.38. The van der Waals surface area contributed by atoms with Crippen molar-refractivity contribution in [1.82, 2.24) is 25.2 Å². The Labute approximate surface area is 178 Å². The number of amides is 1. The molecule has 1 N–H and O–H groups in total. The predicted octanol–water partition coefficient (Wildman–Crippen LogP) is 1.39. The summed E-state index contributed by atoms with van der Waals surface area (Å²) in [6, 6.07) is 1.79. The molecule has 2 saturated heterocycles. The minimum atomic E-state index is -0.0371. The van der Waals surface area contributed by atoms with Crippen molar-refractivity contribution in [2.24, 2.45) is 4.99 Å². The lowest BCUT2D eigenvalue weighted by Crippen LogP contribution is -2.57. The van der Waals surface area contributed by atoms with E-state index in [2.05, 4.69) is 32.2 Å². The van der Waals surface area contributed by atoms with Crippen LogP contribution in [-0.4, -0.2) is 83.6 Å². The first-order chi connectivity index (χ1) is 12.7. The fraction of sp³-hybridized carbons (Fsp3) is 0.722. The Balaban J connectivity index is 0.00000261. The van der Waals surface area contributed by atoms with E-state index in [1.807, 2.05) is 17.9 Å². The summed E-state index contributed by atoms with van der Waals surface area (Å²) >= 11 is 0. The first-order valence-corrected chi connectivity index (χ1v) is 9.64. The Kier molecular flexibility index (Phi) is 8.81. The van der Waals surface area contributed by atoms with Gasteiger partial charge in [-0.05, 0) is 26.7 Å². The standard InChI is InChI=1S/C18H30N6O2.HI/c1-3-19-18(20-14-16-6-13-26-21-16)24-11-9-22(10-12-24)15(2)17(25)23-7-4-5-8-23;/h6,13,15H,3-5,7-12,14H2,1-2H3,(H,19,20);1H. The molecule has 2 aliphatic heterocycles. The molecule has 2 fully saturated rings.